The number of rotatable bonds is 3. The van der Waals surface area contributed by atoms with Gasteiger partial charge in [0.15, 0.2) is 0 Å². The molecule has 0 saturated carbocycles. The number of hydrogen-bond acceptors (Lipinski definition) is 5. The Morgan fingerprint density at radius 3 is 3.28 bits per heavy atom. The molecular weight excluding hydrogens is 232 g/mol. The molecule has 0 aliphatic carbocycles. The third-order valence-electron chi connectivity index (χ3n) is 3.04. The van der Waals surface area contributed by atoms with Crippen LogP contribution in [0.3, 0.4) is 0 Å². The van der Waals surface area contributed by atoms with E-state index in [1.54, 1.807) is 18.3 Å². The molecule has 6 nitrogen and oxygen atoms in total. The topological polar surface area (TPSA) is 80.5 Å². The molecule has 1 amide bonds. The number of carbonyl (C=O) groups is 1. The fourth-order valence-corrected chi connectivity index (χ4v) is 1.98. The first-order valence-electron chi connectivity index (χ1n) is 6.08. The molecule has 98 valence electrons. The third kappa shape index (κ3) is 2.77. The molecule has 3 N–H and O–H groups in total. The lowest BCUT2D eigenvalue weighted by molar-refractivity contribution is -0.0226. The van der Waals surface area contributed by atoms with Crippen LogP contribution in [0.5, 0.6) is 0 Å². The lowest BCUT2D eigenvalue weighted by atomic mass is 10.1. The van der Waals surface area contributed by atoms with Gasteiger partial charge in [-0.2, -0.15) is 0 Å². The molecule has 18 heavy (non-hydrogen) atoms. The van der Waals surface area contributed by atoms with E-state index in [9.17, 15) is 4.79 Å². The fraction of sp³-hybridized carbons (Fsp3) is 0.500. The molecule has 1 fully saturated rings. The number of carbonyl (C=O) groups excluding carboxylic acids is 1. The number of nitrogen functional groups attached to an aromatic ring is 1. The molecule has 1 aromatic rings. The zero-order valence-electron chi connectivity index (χ0n) is 10.4. The van der Waals surface area contributed by atoms with Gasteiger partial charge in [-0.15, -0.1) is 0 Å². The zero-order chi connectivity index (χ0) is 13.0. The summed E-state index contributed by atoms with van der Waals surface area (Å²) in [5.74, 6) is 5.77. The molecule has 6 heteroatoms. The van der Waals surface area contributed by atoms with Gasteiger partial charge in [0.05, 0.1) is 12.7 Å². The maximum absolute atomic E-state index is 12.3. The first-order chi connectivity index (χ1) is 8.74. The second-order valence-electron chi connectivity index (χ2n) is 4.23. The minimum Gasteiger partial charge on any atom is -0.375 e. The van der Waals surface area contributed by atoms with Crippen LogP contribution in [0.2, 0.25) is 0 Å². The van der Waals surface area contributed by atoms with Gasteiger partial charge >= 0.3 is 0 Å². The second kappa shape index (κ2) is 5.79. The molecule has 1 atom stereocenters. The van der Waals surface area contributed by atoms with Gasteiger partial charge in [0.2, 0.25) is 0 Å². The lowest BCUT2D eigenvalue weighted by Gasteiger charge is -2.32. The molecular formula is C12H18N4O2. The van der Waals surface area contributed by atoms with Crippen LogP contribution in [0.4, 0.5) is 5.82 Å². The monoisotopic (exact) mass is 250 g/mol. The lowest BCUT2D eigenvalue weighted by Crippen LogP contribution is -2.45. The highest BCUT2D eigenvalue weighted by molar-refractivity contribution is 5.94. The molecule has 1 aromatic heterocycles. The molecule has 1 aliphatic rings. The van der Waals surface area contributed by atoms with E-state index in [1.165, 1.54) is 0 Å². The Balaban J connectivity index is 2.10. The van der Waals surface area contributed by atoms with Gasteiger partial charge < -0.3 is 15.1 Å². The quantitative estimate of drug-likeness (QED) is 0.607. The van der Waals surface area contributed by atoms with Crippen LogP contribution in [-0.4, -0.2) is 41.6 Å². The Morgan fingerprint density at radius 2 is 2.56 bits per heavy atom. The number of nitrogens with one attached hydrogen (secondary N) is 1. The van der Waals surface area contributed by atoms with Gasteiger partial charge in [-0.3, -0.25) is 4.79 Å². The van der Waals surface area contributed by atoms with Crippen molar-refractivity contribution in [3.05, 3.63) is 23.9 Å². The average Bonchev–Trinajstić information content (AvgIpc) is 2.46. The molecule has 0 bridgehead atoms. The van der Waals surface area contributed by atoms with Crippen molar-refractivity contribution in [1.29, 1.82) is 0 Å². The molecule has 1 unspecified atom stereocenters. The largest absolute Gasteiger partial charge is 0.375 e. The molecule has 1 aliphatic heterocycles. The maximum Gasteiger partial charge on any atom is 0.254 e. The summed E-state index contributed by atoms with van der Waals surface area (Å²) in [6.07, 6.45) is 2.62. The Labute approximate surface area is 106 Å². The second-order valence-corrected chi connectivity index (χ2v) is 4.23. The van der Waals surface area contributed by atoms with Crippen molar-refractivity contribution in [2.75, 3.05) is 25.1 Å². The van der Waals surface area contributed by atoms with Crippen molar-refractivity contribution in [1.82, 2.24) is 9.88 Å². The fourth-order valence-electron chi connectivity index (χ4n) is 1.98. The first kappa shape index (κ1) is 12.8. The Hall–Kier alpha value is -1.66. The number of hydrazine groups is 1. The SMILES string of the molecule is CCC1CN(C(=O)c2ccnc(NN)c2)CCO1. The third-order valence-corrected chi connectivity index (χ3v) is 3.04. The molecule has 2 rings (SSSR count). The van der Waals surface area contributed by atoms with Gasteiger partial charge in [-0.25, -0.2) is 10.8 Å². The summed E-state index contributed by atoms with van der Waals surface area (Å²) in [6.45, 7) is 3.92. The summed E-state index contributed by atoms with van der Waals surface area (Å²) in [5, 5.41) is 0. The summed E-state index contributed by atoms with van der Waals surface area (Å²) in [7, 11) is 0. The van der Waals surface area contributed by atoms with E-state index in [0.717, 1.165) is 6.42 Å². The molecule has 0 radical (unpaired) electrons. The van der Waals surface area contributed by atoms with Crippen LogP contribution in [0.15, 0.2) is 18.3 Å². The van der Waals surface area contributed by atoms with Crippen LogP contribution in [0, 0.1) is 0 Å². The van der Waals surface area contributed by atoms with Crippen LogP contribution in [-0.2, 0) is 4.74 Å². The van der Waals surface area contributed by atoms with Crippen molar-refractivity contribution < 1.29 is 9.53 Å². The van der Waals surface area contributed by atoms with E-state index in [-0.39, 0.29) is 12.0 Å². The Morgan fingerprint density at radius 1 is 1.72 bits per heavy atom. The predicted molar refractivity (Wildman–Crippen MR) is 68.0 cm³/mol. The predicted octanol–water partition coefficient (Wildman–Crippen LogP) is 0.618. The number of anilines is 1. The molecule has 0 aromatic carbocycles. The molecule has 2 heterocycles. The van der Waals surface area contributed by atoms with Crippen LogP contribution in [0.1, 0.15) is 23.7 Å². The first-order valence-corrected chi connectivity index (χ1v) is 6.08. The number of nitrogens with zero attached hydrogens (tertiary/aromatic N) is 2. The van der Waals surface area contributed by atoms with Crippen molar-refractivity contribution in [2.45, 2.75) is 19.4 Å². The highest BCUT2D eigenvalue weighted by Gasteiger charge is 2.24. The van der Waals surface area contributed by atoms with Gasteiger partial charge in [0.1, 0.15) is 5.82 Å². The standard InChI is InChI=1S/C12H18N4O2/c1-2-10-8-16(5-6-18-10)12(17)9-3-4-14-11(7-9)15-13/h3-4,7,10H,2,5-6,8,13H2,1H3,(H,14,15). The average molecular weight is 250 g/mol. The van der Waals surface area contributed by atoms with E-state index < -0.39 is 0 Å². The summed E-state index contributed by atoms with van der Waals surface area (Å²) in [6, 6.07) is 3.35. The smallest absolute Gasteiger partial charge is 0.254 e. The van der Waals surface area contributed by atoms with E-state index in [4.69, 9.17) is 10.6 Å². The molecule has 0 spiro atoms. The minimum atomic E-state index is -0.00403. The van der Waals surface area contributed by atoms with Crippen LogP contribution >= 0.6 is 0 Å². The number of pyridine rings is 1. The van der Waals surface area contributed by atoms with E-state index in [2.05, 4.69) is 17.3 Å². The summed E-state index contributed by atoms with van der Waals surface area (Å²) in [4.78, 5) is 18.1. The number of aromatic nitrogens is 1. The normalized spacial score (nSPS) is 19.7. The summed E-state index contributed by atoms with van der Waals surface area (Å²) in [5.41, 5.74) is 3.03. The van der Waals surface area contributed by atoms with E-state index >= 15 is 0 Å². The minimum absolute atomic E-state index is 0.00403. The van der Waals surface area contributed by atoms with Crippen LogP contribution in [0.25, 0.3) is 0 Å². The van der Waals surface area contributed by atoms with Crippen molar-refractivity contribution in [2.24, 2.45) is 5.84 Å². The highest BCUT2D eigenvalue weighted by Crippen LogP contribution is 2.13. The molecule has 1 saturated heterocycles. The van der Waals surface area contributed by atoms with Gasteiger partial charge in [0.25, 0.3) is 5.91 Å². The van der Waals surface area contributed by atoms with Crippen molar-refractivity contribution in [3.8, 4) is 0 Å². The van der Waals surface area contributed by atoms with Crippen molar-refractivity contribution in [3.63, 3.8) is 0 Å². The number of nitrogens with two attached hydrogens (primary N) is 1. The van der Waals surface area contributed by atoms with Gasteiger partial charge in [-0.1, -0.05) is 6.92 Å². The van der Waals surface area contributed by atoms with Gasteiger partial charge in [-0.05, 0) is 18.6 Å². The number of ether oxygens (including phenoxy) is 1. The van der Waals surface area contributed by atoms with E-state index in [1.807, 2.05) is 4.90 Å². The van der Waals surface area contributed by atoms with Crippen LogP contribution < -0.4 is 11.3 Å². The van der Waals surface area contributed by atoms with E-state index in [0.29, 0.717) is 31.1 Å². The maximum atomic E-state index is 12.3. The Bertz CT molecular complexity index is 424. The number of amides is 1. The number of hydrogen-bond donors (Lipinski definition) is 2. The highest BCUT2D eigenvalue weighted by atomic mass is 16.5. The van der Waals surface area contributed by atoms with Crippen molar-refractivity contribution >= 4 is 11.7 Å². The number of morpholine rings is 1. The summed E-state index contributed by atoms with van der Waals surface area (Å²) < 4.78 is 5.55. The summed E-state index contributed by atoms with van der Waals surface area (Å²) >= 11 is 0. The van der Waals surface area contributed by atoms with Gasteiger partial charge in [0, 0.05) is 24.8 Å². The Kier molecular flexibility index (Phi) is 4.11. The zero-order valence-corrected chi connectivity index (χ0v) is 10.4.